The van der Waals surface area contributed by atoms with Gasteiger partial charge in [0, 0.05) is 26.2 Å². The molecule has 1 aromatic carbocycles. The fourth-order valence-corrected chi connectivity index (χ4v) is 4.31. The van der Waals surface area contributed by atoms with E-state index in [2.05, 4.69) is 5.32 Å². The van der Waals surface area contributed by atoms with Gasteiger partial charge in [-0.2, -0.15) is 4.31 Å². The van der Waals surface area contributed by atoms with Gasteiger partial charge in [-0.1, -0.05) is 18.2 Å². The molecule has 1 N–H and O–H groups in total. The topological polar surface area (TPSA) is 75.7 Å². The highest BCUT2D eigenvalue weighted by molar-refractivity contribution is 7.89. The Bertz CT molecular complexity index is 618. The first-order chi connectivity index (χ1) is 10.9. The van der Waals surface area contributed by atoms with Crippen molar-refractivity contribution >= 4 is 15.9 Å². The normalized spacial score (nSPS) is 20.9. The summed E-state index contributed by atoms with van der Waals surface area (Å²) in [5.74, 6) is -0.427. The molecule has 0 radical (unpaired) electrons. The number of piperidine rings is 1. The van der Waals surface area contributed by atoms with Gasteiger partial charge in [0.25, 0.3) is 0 Å². The molecule has 0 spiro atoms. The fraction of sp³-hybridized carbons (Fsp3) is 0.562. The van der Waals surface area contributed by atoms with Gasteiger partial charge in [-0.15, -0.1) is 0 Å². The van der Waals surface area contributed by atoms with E-state index in [1.807, 2.05) is 6.92 Å². The minimum absolute atomic E-state index is 0.0893. The monoisotopic (exact) mass is 340 g/mol. The van der Waals surface area contributed by atoms with Crippen LogP contribution in [0.3, 0.4) is 0 Å². The zero-order chi connectivity index (χ0) is 16.9. The molecule has 1 amide bonds. The van der Waals surface area contributed by atoms with Gasteiger partial charge in [-0.3, -0.25) is 4.79 Å². The van der Waals surface area contributed by atoms with Crippen LogP contribution in [0.5, 0.6) is 0 Å². The van der Waals surface area contributed by atoms with Crippen molar-refractivity contribution in [2.24, 2.45) is 5.92 Å². The van der Waals surface area contributed by atoms with E-state index in [-0.39, 0.29) is 29.3 Å². The Balaban J connectivity index is 2.05. The molecule has 2 atom stereocenters. The minimum atomic E-state index is -3.54. The van der Waals surface area contributed by atoms with Crippen LogP contribution < -0.4 is 5.32 Å². The second kappa shape index (κ2) is 7.90. The van der Waals surface area contributed by atoms with Gasteiger partial charge in [0.05, 0.1) is 17.4 Å². The Morgan fingerprint density at radius 1 is 1.39 bits per heavy atom. The van der Waals surface area contributed by atoms with E-state index in [1.165, 1.54) is 4.31 Å². The number of amides is 1. The Kier molecular flexibility index (Phi) is 6.15. The van der Waals surface area contributed by atoms with Gasteiger partial charge >= 0.3 is 0 Å². The Labute approximate surface area is 137 Å². The summed E-state index contributed by atoms with van der Waals surface area (Å²) >= 11 is 0. The number of rotatable bonds is 6. The molecular formula is C16H24N2O4S. The molecule has 0 unspecified atom stereocenters. The van der Waals surface area contributed by atoms with Crippen LogP contribution in [0.25, 0.3) is 0 Å². The minimum Gasteiger partial charge on any atom is -0.383 e. The average molecular weight is 340 g/mol. The Morgan fingerprint density at radius 2 is 2.09 bits per heavy atom. The summed E-state index contributed by atoms with van der Waals surface area (Å²) in [6.07, 6.45) is 1.38. The lowest BCUT2D eigenvalue weighted by Gasteiger charge is -2.31. The number of benzene rings is 1. The second-order valence-electron chi connectivity index (χ2n) is 5.88. The number of hydrogen-bond acceptors (Lipinski definition) is 4. The molecule has 7 heteroatoms. The summed E-state index contributed by atoms with van der Waals surface area (Å²) in [6.45, 7) is 2.98. The van der Waals surface area contributed by atoms with Gasteiger partial charge in [0.1, 0.15) is 0 Å². The molecule has 1 aromatic rings. The summed E-state index contributed by atoms with van der Waals surface area (Å²) in [5, 5.41) is 2.88. The maximum Gasteiger partial charge on any atom is 0.243 e. The van der Waals surface area contributed by atoms with Gasteiger partial charge in [0.15, 0.2) is 0 Å². The maximum atomic E-state index is 12.7. The molecule has 1 aliphatic heterocycles. The van der Waals surface area contributed by atoms with Crippen molar-refractivity contribution < 1.29 is 17.9 Å². The Morgan fingerprint density at radius 3 is 2.74 bits per heavy atom. The molecular weight excluding hydrogens is 316 g/mol. The molecule has 0 aliphatic carbocycles. The van der Waals surface area contributed by atoms with Gasteiger partial charge in [-0.05, 0) is 31.9 Å². The van der Waals surface area contributed by atoms with E-state index in [4.69, 9.17) is 4.74 Å². The molecule has 6 nitrogen and oxygen atoms in total. The lowest BCUT2D eigenvalue weighted by atomic mass is 9.98. The molecule has 0 aromatic heterocycles. The number of nitrogens with one attached hydrogen (secondary N) is 1. The van der Waals surface area contributed by atoms with Crippen LogP contribution in [0.15, 0.2) is 35.2 Å². The first-order valence-corrected chi connectivity index (χ1v) is 9.23. The first-order valence-electron chi connectivity index (χ1n) is 7.79. The third-order valence-electron chi connectivity index (χ3n) is 3.94. The van der Waals surface area contributed by atoms with Crippen molar-refractivity contribution in [3.05, 3.63) is 30.3 Å². The SMILES string of the molecule is COC[C@@H](C)NC(=O)[C@H]1CCCN(S(=O)(=O)c2ccccc2)C1. The predicted molar refractivity (Wildman–Crippen MR) is 87.4 cm³/mol. The average Bonchev–Trinajstić information content (AvgIpc) is 2.56. The molecule has 1 fully saturated rings. The third-order valence-corrected chi connectivity index (χ3v) is 5.82. The molecule has 1 saturated heterocycles. The summed E-state index contributed by atoms with van der Waals surface area (Å²) in [6, 6.07) is 8.26. The summed E-state index contributed by atoms with van der Waals surface area (Å²) in [5.41, 5.74) is 0. The number of methoxy groups -OCH3 is 1. The van der Waals surface area contributed by atoms with E-state index in [0.717, 1.165) is 0 Å². The zero-order valence-corrected chi connectivity index (χ0v) is 14.4. The number of carbonyl (C=O) groups is 1. The van der Waals surface area contributed by atoms with E-state index >= 15 is 0 Å². The molecule has 0 bridgehead atoms. The fourth-order valence-electron chi connectivity index (χ4n) is 2.77. The third kappa shape index (κ3) is 4.53. The van der Waals surface area contributed by atoms with E-state index in [1.54, 1.807) is 37.4 Å². The summed E-state index contributed by atoms with van der Waals surface area (Å²) in [4.78, 5) is 12.6. The van der Waals surface area contributed by atoms with Crippen molar-refractivity contribution in [3.63, 3.8) is 0 Å². The van der Waals surface area contributed by atoms with Crippen LogP contribution in [0.1, 0.15) is 19.8 Å². The molecule has 0 saturated carbocycles. The van der Waals surface area contributed by atoms with Crippen molar-refractivity contribution in [1.29, 1.82) is 0 Å². The van der Waals surface area contributed by atoms with Crippen LogP contribution in [-0.2, 0) is 19.6 Å². The van der Waals surface area contributed by atoms with E-state index < -0.39 is 10.0 Å². The predicted octanol–water partition coefficient (Wildman–Crippen LogP) is 1.24. The van der Waals surface area contributed by atoms with Crippen molar-refractivity contribution in [1.82, 2.24) is 9.62 Å². The largest absolute Gasteiger partial charge is 0.383 e. The zero-order valence-electron chi connectivity index (χ0n) is 13.6. The van der Waals surface area contributed by atoms with Crippen molar-refractivity contribution in [3.8, 4) is 0 Å². The van der Waals surface area contributed by atoms with E-state index in [0.29, 0.717) is 26.0 Å². The number of hydrogen-bond donors (Lipinski definition) is 1. The first kappa shape index (κ1) is 17.9. The summed E-state index contributed by atoms with van der Waals surface area (Å²) < 4.78 is 31.7. The number of sulfonamides is 1. The molecule has 23 heavy (non-hydrogen) atoms. The van der Waals surface area contributed by atoms with Gasteiger partial charge in [-0.25, -0.2) is 8.42 Å². The van der Waals surface area contributed by atoms with Crippen LogP contribution in [0.2, 0.25) is 0 Å². The summed E-state index contributed by atoms with van der Waals surface area (Å²) in [7, 11) is -1.96. The lowest BCUT2D eigenvalue weighted by molar-refractivity contribution is -0.127. The molecule has 2 rings (SSSR count). The van der Waals surface area contributed by atoms with Crippen LogP contribution >= 0.6 is 0 Å². The van der Waals surface area contributed by atoms with Crippen molar-refractivity contribution in [2.45, 2.75) is 30.7 Å². The second-order valence-corrected chi connectivity index (χ2v) is 7.82. The van der Waals surface area contributed by atoms with Gasteiger partial charge in [0.2, 0.25) is 15.9 Å². The van der Waals surface area contributed by atoms with Crippen molar-refractivity contribution in [2.75, 3.05) is 26.8 Å². The maximum absolute atomic E-state index is 12.7. The quantitative estimate of drug-likeness (QED) is 0.845. The van der Waals surface area contributed by atoms with Crippen LogP contribution in [0.4, 0.5) is 0 Å². The molecule has 1 aliphatic rings. The molecule has 128 valence electrons. The highest BCUT2D eigenvalue weighted by atomic mass is 32.2. The number of nitrogens with zero attached hydrogens (tertiary/aromatic N) is 1. The molecule has 1 heterocycles. The highest BCUT2D eigenvalue weighted by Crippen LogP contribution is 2.23. The number of ether oxygens (including phenoxy) is 1. The van der Waals surface area contributed by atoms with Crippen LogP contribution in [-0.4, -0.2) is 51.5 Å². The number of carbonyl (C=O) groups excluding carboxylic acids is 1. The highest BCUT2D eigenvalue weighted by Gasteiger charge is 2.33. The Hall–Kier alpha value is -1.44. The van der Waals surface area contributed by atoms with Crippen LogP contribution in [0, 0.1) is 5.92 Å². The standard InChI is InChI=1S/C16H24N2O4S/c1-13(12-22-2)17-16(19)14-7-6-10-18(11-14)23(20,21)15-8-4-3-5-9-15/h3-5,8-9,13-14H,6-7,10-12H2,1-2H3,(H,17,19)/t13-,14+/m1/s1. The van der Waals surface area contributed by atoms with Gasteiger partial charge < -0.3 is 10.1 Å². The van der Waals surface area contributed by atoms with E-state index in [9.17, 15) is 13.2 Å². The smallest absolute Gasteiger partial charge is 0.243 e. The lowest BCUT2D eigenvalue weighted by Crippen LogP contribution is -2.47.